The fourth-order valence-electron chi connectivity index (χ4n) is 1.88. The van der Waals surface area contributed by atoms with Crippen molar-refractivity contribution < 1.29 is 13.2 Å². The molecular weight excluding hydrogens is 347 g/mol. The van der Waals surface area contributed by atoms with Gasteiger partial charge in [0.05, 0.1) is 21.9 Å². The van der Waals surface area contributed by atoms with Crippen LogP contribution in [0.25, 0.3) is 5.69 Å². The van der Waals surface area contributed by atoms with Crippen molar-refractivity contribution in [3.8, 4) is 5.69 Å². The molecule has 0 aliphatic rings. The molecule has 1 aromatic heterocycles. The van der Waals surface area contributed by atoms with E-state index in [9.17, 15) is 13.2 Å². The first-order valence-electron chi connectivity index (χ1n) is 6.41. The highest BCUT2D eigenvalue weighted by molar-refractivity contribution is 9.10. The average molecular weight is 362 g/mol. The molecule has 1 heterocycles. The molecule has 0 bridgehead atoms. The van der Waals surface area contributed by atoms with Gasteiger partial charge in [-0.05, 0) is 33.6 Å². The molecule has 0 aliphatic heterocycles. The lowest BCUT2D eigenvalue weighted by atomic mass is 10.1. The van der Waals surface area contributed by atoms with Crippen molar-refractivity contribution in [2.45, 2.75) is 32.6 Å². The molecular formula is C14H15BrF3N3. The predicted molar refractivity (Wildman–Crippen MR) is 78.2 cm³/mol. The summed E-state index contributed by atoms with van der Waals surface area (Å²) in [5, 5.41) is 7.01. The van der Waals surface area contributed by atoms with Gasteiger partial charge in [-0.25, -0.2) is 4.68 Å². The topological polar surface area (TPSA) is 29.9 Å². The van der Waals surface area contributed by atoms with Crippen molar-refractivity contribution in [3.05, 3.63) is 46.2 Å². The van der Waals surface area contributed by atoms with Gasteiger partial charge in [-0.2, -0.15) is 18.3 Å². The number of nitrogens with one attached hydrogen (secondary N) is 1. The maximum absolute atomic E-state index is 13.2. The molecule has 0 saturated carbocycles. The van der Waals surface area contributed by atoms with E-state index in [1.807, 2.05) is 13.8 Å². The lowest BCUT2D eigenvalue weighted by Gasteiger charge is -2.16. The Bertz CT molecular complexity index is 620. The first-order chi connectivity index (χ1) is 9.77. The molecule has 3 nitrogen and oxygen atoms in total. The Morgan fingerprint density at radius 2 is 2.05 bits per heavy atom. The van der Waals surface area contributed by atoms with Crippen LogP contribution in [-0.4, -0.2) is 15.8 Å². The smallest absolute Gasteiger partial charge is 0.310 e. The zero-order valence-electron chi connectivity index (χ0n) is 11.6. The fourth-order valence-corrected chi connectivity index (χ4v) is 2.17. The van der Waals surface area contributed by atoms with E-state index >= 15 is 0 Å². The highest BCUT2D eigenvalue weighted by atomic mass is 79.9. The highest BCUT2D eigenvalue weighted by Crippen LogP contribution is 2.33. The van der Waals surface area contributed by atoms with Crippen LogP contribution >= 0.6 is 15.9 Å². The molecule has 0 saturated heterocycles. The van der Waals surface area contributed by atoms with Gasteiger partial charge < -0.3 is 5.32 Å². The Balaban J connectivity index is 2.40. The number of halogens is 4. The number of alkyl halides is 3. The third-order valence-electron chi connectivity index (χ3n) is 2.92. The number of hydrogen-bond donors (Lipinski definition) is 1. The van der Waals surface area contributed by atoms with Gasteiger partial charge in [0.1, 0.15) is 0 Å². The summed E-state index contributed by atoms with van der Waals surface area (Å²) < 4.78 is 41.7. The molecule has 0 aliphatic carbocycles. The molecule has 1 aromatic carbocycles. The molecule has 0 amide bonds. The van der Waals surface area contributed by atoms with Crippen LogP contribution in [0.2, 0.25) is 0 Å². The van der Waals surface area contributed by atoms with Gasteiger partial charge >= 0.3 is 6.18 Å². The second-order valence-corrected chi connectivity index (χ2v) is 5.89. The van der Waals surface area contributed by atoms with Crippen LogP contribution < -0.4 is 5.32 Å². The second kappa shape index (κ2) is 6.19. The first-order valence-corrected chi connectivity index (χ1v) is 7.20. The fraction of sp³-hybridized carbons (Fsp3) is 0.357. The monoisotopic (exact) mass is 361 g/mol. The summed E-state index contributed by atoms with van der Waals surface area (Å²) in [7, 11) is 0. The van der Waals surface area contributed by atoms with Gasteiger partial charge in [0.2, 0.25) is 0 Å². The molecule has 1 N–H and O–H groups in total. The summed E-state index contributed by atoms with van der Waals surface area (Å²) in [4.78, 5) is 0. The van der Waals surface area contributed by atoms with E-state index < -0.39 is 11.7 Å². The SMILES string of the molecule is CC(C)NCc1ccc(-n2cc(Br)cn2)cc1C(F)(F)F. The van der Waals surface area contributed by atoms with Crippen LogP contribution in [0.1, 0.15) is 25.0 Å². The zero-order valence-corrected chi connectivity index (χ0v) is 13.2. The van der Waals surface area contributed by atoms with Crippen molar-refractivity contribution >= 4 is 15.9 Å². The Morgan fingerprint density at radius 1 is 1.33 bits per heavy atom. The summed E-state index contributed by atoms with van der Waals surface area (Å²) in [6.45, 7) is 3.96. The Labute approximate surface area is 129 Å². The van der Waals surface area contributed by atoms with Crippen molar-refractivity contribution in [2.24, 2.45) is 0 Å². The standard InChI is InChI=1S/C14H15BrF3N3/c1-9(2)19-6-10-3-4-12(5-13(10)14(16,17)18)21-8-11(15)7-20-21/h3-5,7-9,19H,6H2,1-2H3. The third-order valence-corrected chi connectivity index (χ3v) is 3.32. The number of rotatable bonds is 4. The van der Waals surface area contributed by atoms with Gasteiger partial charge in [-0.3, -0.25) is 0 Å². The van der Waals surface area contributed by atoms with Crippen molar-refractivity contribution in [3.63, 3.8) is 0 Å². The van der Waals surface area contributed by atoms with E-state index in [0.717, 1.165) is 6.07 Å². The van der Waals surface area contributed by atoms with Crippen LogP contribution in [0.15, 0.2) is 35.1 Å². The average Bonchev–Trinajstić information content (AvgIpc) is 2.81. The molecule has 0 spiro atoms. The van der Waals surface area contributed by atoms with E-state index in [1.165, 1.54) is 16.9 Å². The number of benzene rings is 1. The quantitative estimate of drug-likeness (QED) is 0.886. The van der Waals surface area contributed by atoms with Crippen molar-refractivity contribution in [1.29, 1.82) is 0 Å². The minimum Gasteiger partial charge on any atom is -0.310 e. The zero-order chi connectivity index (χ0) is 15.6. The number of hydrogen-bond acceptors (Lipinski definition) is 2. The lowest BCUT2D eigenvalue weighted by Crippen LogP contribution is -2.24. The van der Waals surface area contributed by atoms with Crippen LogP contribution in [0.5, 0.6) is 0 Å². The van der Waals surface area contributed by atoms with Gasteiger partial charge in [-0.15, -0.1) is 0 Å². The molecule has 21 heavy (non-hydrogen) atoms. The van der Waals surface area contributed by atoms with Crippen LogP contribution in [0.3, 0.4) is 0 Å². The molecule has 2 aromatic rings. The molecule has 7 heteroatoms. The number of aromatic nitrogens is 2. The van der Waals surface area contributed by atoms with E-state index in [1.54, 1.807) is 12.3 Å². The Morgan fingerprint density at radius 3 is 2.57 bits per heavy atom. The Hall–Kier alpha value is -1.34. The molecule has 0 fully saturated rings. The molecule has 2 rings (SSSR count). The minimum absolute atomic E-state index is 0.118. The summed E-state index contributed by atoms with van der Waals surface area (Å²) >= 11 is 3.23. The van der Waals surface area contributed by atoms with Crippen LogP contribution in [0.4, 0.5) is 13.2 Å². The summed E-state index contributed by atoms with van der Waals surface area (Å²) in [5.74, 6) is 0. The summed E-state index contributed by atoms with van der Waals surface area (Å²) in [6, 6.07) is 4.36. The predicted octanol–water partition coefficient (Wildman–Crippen LogP) is 4.15. The van der Waals surface area contributed by atoms with Gasteiger partial charge in [0.25, 0.3) is 0 Å². The lowest BCUT2D eigenvalue weighted by molar-refractivity contribution is -0.138. The van der Waals surface area contributed by atoms with Gasteiger partial charge in [-0.1, -0.05) is 19.9 Å². The van der Waals surface area contributed by atoms with Gasteiger partial charge in [0, 0.05) is 18.8 Å². The Kier molecular flexibility index (Phi) is 4.73. The second-order valence-electron chi connectivity index (χ2n) is 4.98. The van der Waals surface area contributed by atoms with E-state index in [-0.39, 0.29) is 18.2 Å². The van der Waals surface area contributed by atoms with Crippen LogP contribution in [-0.2, 0) is 12.7 Å². The normalized spacial score (nSPS) is 12.1. The maximum atomic E-state index is 13.2. The van der Waals surface area contributed by atoms with E-state index in [2.05, 4.69) is 26.3 Å². The van der Waals surface area contributed by atoms with Gasteiger partial charge in [0.15, 0.2) is 0 Å². The summed E-state index contributed by atoms with van der Waals surface area (Å²) in [6.07, 6.45) is -1.25. The van der Waals surface area contributed by atoms with Crippen molar-refractivity contribution in [2.75, 3.05) is 0 Å². The van der Waals surface area contributed by atoms with E-state index in [0.29, 0.717) is 10.2 Å². The highest BCUT2D eigenvalue weighted by Gasteiger charge is 2.33. The molecule has 0 unspecified atom stereocenters. The third kappa shape index (κ3) is 4.07. The largest absolute Gasteiger partial charge is 0.416 e. The van der Waals surface area contributed by atoms with Crippen LogP contribution in [0, 0.1) is 0 Å². The summed E-state index contributed by atoms with van der Waals surface area (Å²) in [5.41, 5.74) is -0.0349. The molecule has 0 radical (unpaired) electrons. The minimum atomic E-state index is -4.39. The first kappa shape index (κ1) is 16.0. The molecule has 0 atom stereocenters. The van der Waals surface area contributed by atoms with E-state index in [4.69, 9.17) is 0 Å². The maximum Gasteiger partial charge on any atom is 0.416 e. The van der Waals surface area contributed by atoms with Crippen molar-refractivity contribution in [1.82, 2.24) is 15.1 Å². The molecule has 114 valence electrons. The number of nitrogens with zero attached hydrogens (tertiary/aromatic N) is 2.